The summed E-state index contributed by atoms with van der Waals surface area (Å²) >= 11 is 0. The van der Waals surface area contributed by atoms with E-state index in [1.165, 1.54) is 0 Å². The lowest BCUT2D eigenvalue weighted by molar-refractivity contribution is -0.133. The van der Waals surface area contributed by atoms with Gasteiger partial charge in [-0.15, -0.1) is 0 Å². The number of hydrogen-bond donors (Lipinski definition) is 2. The molecule has 2 amide bonds. The Morgan fingerprint density at radius 1 is 1.33 bits per heavy atom. The van der Waals surface area contributed by atoms with E-state index >= 15 is 0 Å². The first-order valence-corrected chi connectivity index (χ1v) is 7.77. The van der Waals surface area contributed by atoms with Crippen LogP contribution < -0.4 is 11.1 Å². The van der Waals surface area contributed by atoms with Crippen molar-refractivity contribution in [3.8, 4) is 0 Å². The Morgan fingerprint density at radius 3 is 2.43 bits per heavy atom. The number of amides is 2. The molecular weight excluding hydrogens is 268 g/mol. The van der Waals surface area contributed by atoms with E-state index in [4.69, 9.17) is 5.73 Å². The molecule has 1 atom stereocenters. The third-order valence-electron chi connectivity index (χ3n) is 4.23. The second-order valence-corrected chi connectivity index (χ2v) is 6.51. The lowest BCUT2D eigenvalue weighted by Gasteiger charge is -2.31. The summed E-state index contributed by atoms with van der Waals surface area (Å²) in [5.74, 6) is 0.310. The van der Waals surface area contributed by atoms with Crippen LogP contribution in [0.4, 0.5) is 0 Å². The molecule has 6 nitrogen and oxygen atoms in total. The molecule has 3 N–H and O–H groups in total. The first-order valence-electron chi connectivity index (χ1n) is 7.77. The first kappa shape index (κ1) is 17.9. The second kappa shape index (κ2) is 8.34. The van der Waals surface area contributed by atoms with Gasteiger partial charge in [0.1, 0.15) is 0 Å². The molecule has 1 saturated heterocycles. The average Bonchev–Trinajstić information content (AvgIpc) is 2.45. The van der Waals surface area contributed by atoms with Gasteiger partial charge in [-0.2, -0.15) is 0 Å². The molecule has 1 heterocycles. The molecule has 0 bridgehead atoms. The highest BCUT2D eigenvalue weighted by atomic mass is 16.2. The summed E-state index contributed by atoms with van der Waals surface area (Å²) in [5.41, 5.74) is 5.74. The third kappa shape index (κ3) is 6.01. The largest absolute Gasteiger partial charge is 0.346 e. The molecule has 1 fully saturated rings. The van der Waals surface area contributed by atoms with Crippen molar-refractivity contribution in [3.63, 3.8) is 0 Å². The minimum absolute atomic E-state index is 0.0301. The van der Waals surface area contributed by atoms with Crippen LogP contribution in [-0.2, 0) is 9.59 Å². The van der Waals surface area contributed by atoms with Crippen molar-refractivity contribution in [2.75, 3.05) is 40.3 Å². The summed E-state index contributed by atoms with van der Waals surface area (Å²) < 4.78 is 0. The van der Waals surface area contributed by atoms with Crippen LogP contribution in [0.3, 0.4) is 0 Å². The number of piperidine rings is 1. The van der Waals surface area contributed by atoms with Crippen LogP contribution in [0.2, 0.25) is 0 Å². The van der Waals surface area contributed by atoms with Crippen LogP contribution in [0.25, 0.3) is 0 Å². The van der Waals surface area contributed by atoms with Gasteiger partial charge in [-0.05, 0) is 44.8 Å². The molecule has 6 heteroatoms. The minimum atomic E-state index is -0.558. The quantitative estimate of drug-likeness (QED) is 0.717. The first-order chi connectivity index (χ1) is 9.81. The van der Waals surface area contributed by atoms with Gasteiger partial charge >= 0.3 is 0 Å². The van der Waals surface area contributed by atoms with Crippen molar-refractivity contribution in [2.24, 2.45) is 17.6 Å². The maximum absolute atomic E-state index is 12.0. The average molecular weight is 298 g/mol. The van der Waals surface area contributed by atoms with Crippen LogP contribution in [0.5, 0.6) is 0 Å². The summed E-state index contributed by atoms with van der Waals surface area (Å²) in [6.45, 7) is 6.75. The molecule has 0 aromatic carbocycles. The Hall–Kier alpha value is -1.14. The topological polar surface area (TPSA) is 78.7 Å². The number of likely N-dealkylation sites (tertiary alicyclic amines) is 1. The molecule has 21 heavy (non-hydrogen) atoms. The van der Waals surface area contributed by atoms with Gasteiger partial charge in [-0.1, -0.05) is 13.8 Å². The van der Waals surface area contributed by atoms with Gasteiger partial charge in [0.15, 0.2) is 0 Å². The number of rotatable bonds is 6. The van der Waals surface area contributed by atoms with Crippen molar-refractivity contribution >= 4 is 11.8 Å². The summed E-state index contributed by atoms with van der Waals surface area (Å²) in [6.07, 6.45) is 2.25. The van der Waals surface area contributed by atoms with Crippen molar-refractivity contribution in [3.05, 3.63) is 0 Å². The van der Waals surface area contributed by atoms with Crippen LogP contribution in [0.1, 0.15) is 26.7 Å². The summed E-state index contributed by atoms with van der Waals surface area (Å²) in [6, 6.07) is -0.558. The zero-order valence-corrected chi connectivity index (χ0v) is 13.8. The molecule has 0 radical (unpaired) electrons. The summed E-state index contributed by atoms with van der Waals surface area (Å²) in [7, 11) is 3.92. The molecule has 1 aliphatic heterocycles. The minimum Gasteiger partial charge on any atom is -0.346 e. The normalized spacial score (nSPS) is 18.6. The second-order valence-electron chi connectivity index (χ2n) is 6.51. The van der Waals surface area contributed by atoms with Crippen LogP contribution in [-0.4, -0.2) is 67.9 Å². The van der Waals surface area contributed by atoms with Gasteiger partial charge in [0, 0.05) is 13.6 Å². The van der Waals surface area contributed by atoms with E-state index in [9.17, 15) is 9.59 Å². The Balaban J connectivity index is 2.29. The third-order valence-corrected chi connectivity index (χ3v) is 4.23. The number of hydrogen-bond acceptors (Lipinski definition) is 4. The van der Waals surface area contributed by atoms with E-state index < -0.39 is 6.04 Å². The molecule has 122 valence electrons. The molecule has 0 spiro atoms. The highest BCUT2D eigenvalue weighted by Crippen LogP contribution is 2.16. The Bertz CT molecular complexity index is 352. The van der Waals surface area contributed by atoms with E-state index in [0.717, 1.165) is 32.5 Å². The fourth-order valence-corrected chi connectivity index (χ4v) is 2.45. The molecule has 1 rings (SSSR count). The molecule has 0 aliphatic carbocycles. The van der Waals surface area contributed by atoms with Crippen LogP contribution in [0, 0.1) is 11.8 Å². The van der Waals surface area contributed by atoms with Gasteiger partial charge in [0.25, 0.3) is 0 Å². The smallest absolute Gasteiger partial charge is 0.241 e. The number of nitrogens with two attached hydrogens (primary N) is 1. The molecule has 0 unspecified atom stereocenters. The highest BCUT2D eigenvalue weighted by molar-refractivity contribution is 5.87. The van der Waals surface area contributed by atoms with Gasteiger partial charge < -0.3 is 20.9 Å². The Morgan fingerprint density at radius 2 is 1.90 bits per heavy atom. The van der Waals surface area contributed by atoms with Crippen LogP contribution in [0.15, 0.2) is 0 Å². The van der Waals surface area contributed by atoms with Gasteiger partial charge in [0.05, 0.1) is 12.6 Å². The lowest BCUT2D eigenvalue weighted by atomic mass is 9.97. The SMILES string of the molecule is CC(C)[C@H](N)C(=O)NCC(=O)N(C)CC1CCN(C)CC1. The van der Waals surface area contributed by atoms with Gasteiger partial charge in [-0.3, -0.25) is 9.59 Å². The monoisotopic (exact) mass is 298 g/mol. The van der Waals surface area contributed by atoms with E-state index in [2.05, 4.69) is 17.3 Å². The maximum atomic E-state index is 12.0. The summed E-state index contributed by atoms with van der Waals surface area (Å²) in [5, 5.41) is 2.63. The van der Waals surface area contributed by atoms with Gasteiger partial charge in [-0.25, -0.2) is 0 Å². The van der Waals surface area contributed by atoms with Crippen molar-refractivity contribution in [1.82, 2.24) is 15.1 Å². The van der Waals surface area contributed by atoms with Crippen molar-refractivity contribution < 1.29 is 9.59 Å². The number of nitrogens with one attached hydrogen (secondary N) is 1. The Kier molecular flexibility index (Phi) is 7.11. The fourth-order valence-electron chi connectivity index (χ4n) is 2.45. The number of nitrogens with zero attached hydrogens (tertiary/aromatic N) is 2. The lowest BCUT2D eigenvalue weighted by Crippen LogP contribution is -2.48. The zero-order chi connectivity index (χ0) is 16.0. The highest BCUT2D eigenvalue weighted by Gasteiger charge is 2.22. The van der Waals surface area contributed by atoms with Crippen molar-refractivity contribution in [1.29, 1.82) is 0 Å². The van der Waals surface area contributed by atoms with E-state index in [1.54, 1.807) is 11.9 Å². The number of carbonyl (C=O) groups excluding carboxylic acids is 2. The zero-order valence-electron chi connectivity index (χ0n) is 13.8. The Labute approximate surface area is 128 Å². The van der Waals surface area contributed by atoms with Gasteiger partial charge in [0.2, 0.25) is 11.8 Å². The predicted molar refractivity (Wildman–Crippen MR) is 83.7 cm³/mol. The maximum Gasteiger partial charge on any atom is 0.241 e. The standard InChI is InChI=1S/C15H30N4O2/c1-11(2)14(16)15(21)17-9-13(20)19(4)10-12-5-7-18(3)8-6-12/h11-12,14H,5-10,16H2,1-4H3,(H,17,21)/t14-/m0/s1. The van der Waals surface area contributed by atoms with Crippen molar-refractivity contribution in [2.45, 2.75) is 32.7 Å². The van der Waals surface area contributed by atoms with E-state index in [-0.39, 0.29) is 24.3 Å². The fraction of sp³-hybridized carbons (Fsp3) is 0.867. The predicted octanol–water partition coefficient (Wildman–Crippen LogP) is -0.114. The van der Waals surface area contributed by atoms with E-state index in [0.29, 0.717) is 5.92 Å². The molecule has 0 saturated carbocycles. The van der Waals surface area contributed by atoms with Crippen LogP contribution >= 0.6 is 0 Å². The molecule has 1 aliphatic rings. The molecular formula is C15H30N4O2. The molecule has 0 aromatic rings. The van der Waals surface area contributed by atoms with E-state index in [1.807, 2.05) is 13.8 Å². The number of carbonyl (C=O) groups is 2. The molecule has 0 aromatic heterocycles. The number of likely N-dealkylation sites (N-methyl/N-ethyl adjacent to an activating group) is 1. The summed E-state index contributed by atoms with van der Waals surface area (Å²) in [4.78, 5) is 27.8.